The Balaban J connectivity index is 2.60. The van der Waals surface area contributed by atoms with Gasteiger partial charge in [0.25, 0.3) is 0 Å². The topological polar surface area (TPSA) is 57.2 Å². The fourth-order valence-corrected chi connectivity index (χ4v) is 4.29. The molecule has 160 valence electrons. The minimum atomic E-state index is -4.15. The van der Waals surface area contributed by atoms with Crippen LogP contribution in [0, 0.1) is 0 Å². The fraction of sp³-hybridized carbons (Fsp3) is 0.652. The molecule has 0 radical (unpaired) electrons. The van der Waals surface area contributed by atoms with Gasteiger partial charge in [0.15, 0.2) is 0 Å². The molecule has 0 saturated carbocycles. The summed E-state index contributed by atoms with van der Waals surface area (Å²) in [7, 11) is -1.97. The van der Waals surface area contributed by atoms with E-state index in [-0.39, 0.29) is 5.75 Å². The van der Waals surface area contributed by atoms with E-state index in [1.807, 2.05) is 18.2 Å². The molecule has 0 amide bonds. The summed E-state index contributed by atoms with van der Waals surface area (Å²) in [5, 5.41) is 0. The smallest absolute Gasteiger partial charge is 0.105 e. The number of hydrogen-bond acceptors (Lipinski definition) is 3. The number of benzene rings is 1. The Hall–Kier alpha value is -1.17. The first kappa shape index (κ1) is 24.9. The van der Waals surface area contributed by atoms with Crippen molar-refractivity contribution in [1.29, 1.82) is 0 Å². The average molecular weight is 410 g/mol. The third-order valence-electron chi connectivity index (χ3n) is 5.47. The van der Waals surface area contributed by atoms with Gasteiger partial charge >= 0.3 is 0 Å². The van der Waals surface area contributed by atoms with Crippen LogP contribution >= 0.6 is 0 Å². The maximum absolute atomic E-state index is 11.0. The van der Waals surface area contributed by atoms with E-state index >= 15 is 0 Å². The molecule has 0 N–H and O–H groups in total. The molecule has 0 heterocycles. The van der Waals surface area contributed by atoms with Crippen molar-refractivity contribution in [2.24, 2.45) is 0 Å². The van der Waals surface area contributed by atoms with Crippen LogP contribution in [0.1, 0.15) is 75.8 Å². The van der Waals surface area contributed by atoms with E-state index in [2.05, 4.69) is 32.7 Å². The summed E-state index contributed by atoms with van der Waals surface area (Å²) in [6, 6.07) is 8.22. The summed E-state index contributed by atoms with van der Waals surface area (Å²) in [5.41, 5.74) is 2.35. The summed E-state index contributed by atoms with van der Waals surface area (Å²) in [6.45, 7) is 8.67. The van der Waals surface area contributed by atoms with Crippen LogP contribution in [0.25, 0.3) is 6.08 Å². The van der Waals surface area contributed by atoms with E-state index in [0.29, 0.717) is 13.0 Å². The Kier molecular flexibility index (Phi) is 11.7. The van der Waals surface area contributed by atoms with Gasteiger partial charge in [0.05, 0.1) is 30.3 Å². The zero-order valence-corrected chi connectivity index (χ0v) is 18.7. The number of nitrogens with zero attached hydrogens (tertiary/aromatic N) is 1. The molecule has 0 spiro atoms. The Morgan fingerprint density at radius 2 is 1.54 bits per heavy atom. The predicted octanol–water partition coefficient (Wildman–Crippen LogP) is 5.35. The van der Waals surface area contributed by atoms with Gasteiger partial charge in [-0.05, 0) is 18.4 Å². The predicted molar refractivity (Wildman–Crippen MR) is 118 cm³/mol. The molecule has 28 heavy (non-hydrogen) atoms. The zero-order valence-electron chi connectivity index (χ0n) is 17.9. The molecule has 0 aliphatic carbocycles. The summed E-state index contributed by atoms with van der Waals surface area (Å²) in [5.74, 6) is -0.276. The van der Waals surface area contributed by atoms with Gasteiger partial charge in [-0.2, -0.15) is 0 Å². The van der Waals surface area contributed by atoms with Gasteiger partial charge in [-0.15, -0.1) is 0 Å². The highest BCUT2D eigenvalue weighted by Gasteiger charge is 2.23. The first-order valence-electron chi connectivity index (χ1n) is 10.8. The molecule has 1 unspecified atom stereocenters. The Morgan fingerprint density at radius 1 is 0.964 bits per heavy atom. The van der Waals surface area contributed by atoms with Crippen molar-refractivity contribution in [3.63, 3.8) is 0 Å². The second-order valence-corrected chi connectivity index (χ2v) is 9.74. The molecule has 0 bridgehead atoms. The minimum absolute atomic E-state index is 0.276. The molecular weight excluding hydrogens is 370 g/mol. The minimum Gasteiger partial charge on any atom is -0.748 e. The van der Waals surface area contributed by atoms with Crippen molar-refractivity contribution >= 4 is 16.2 Å². The average Bonchev–Trinajstić information content (AvgIpc) is 2.63. The van der Waals surface area contributed by atoms with Gasteiger partial charge in [0.1, 0.15) is 6.54 Å². The molecule has 0 saturated heterocycles. The van der Waals surface area contributed by atoms with Crippen LogP contribution < -0.4 is 0 Å². The van der Waals surface area contributed by atoms with Crippen molar-refractivity contribution in [1.82, 2.24) is 0 Å². The highest BCUT2D eigenvalue weighted by Crippen LogP contribution is 2.20. The first-order chi connectivity index (χ1) is 13.3. The summed E-state index contributed by atoms with van der Waals surface area (Å²) in [4.78, 5) is 0. The molecule has 0 aliphatic heterocycles. The van der Waals surface area contributed by atoms with Gasteiger partial charge < -0.3 is 9.04 Å². The molecule has 1 aromatic carbocycles. The lowest BCUT2D eigenvalue weighted by Gasteiger charge is -2.35. The van der Waals surface area contributed by atoms with Crippen LogP contribution in [-0.4, -0.2) is 43.3 Å². The van der Waals surface area contributed by atoms with Crippen molar-refractivity contribution in [2.75, 3.05) is 25.9 Å². The van der Waals surface area contributed by atoms with E-state index in [4.69, 9.17) is 0 Å². The van der Waals surface area contributed by atoms with Crippen molar-refractivity contribution < 1.29 is 17.5 Å². The van der Waals surface area contributed by atoms with Crippen LogP contribution in [0.3, 0.4) is 0 Å². The number of unbranched alkanes of at least 4 members (excludes halogenated alkanes) is 7. The normalized spacial score (nSPS) is 14.0. The Labute approximate surface area is 173 Å². The summed E-state index contributed by atoms with van der Waals surface area (Å²) >= 11 is 0. The van der Waals surface area contributed by atoms with Gasteiger partial charge in [0.2, 0.25) is 0 Å². The largest absolute Gasteiger partial charge is 0.748 e. The number of quaternary nitrogens is 1. The summed E-state index contributed by atoms with van der Waals surface area (Å²) < 4.78 is 33.8. The lowest BCUT2D eigenvalue weighted by molar-refractivity contribution is -0.922. The second-order valence-electron chi connectivity index (χ2n) is 8.22. The molecule has 5 heteroatoms. The standard InChI is InChI=1S/C23H39NO3S/c1-4-6-7-8-9-10-11-14-18-24(3,19-15-20-28(25,26)27)21-23-17-13-12-16-22(23)5-2/h5,12-13,16-17H,2,4,6-11,14-15,18-21H2,1,3H3. The highest BCUT2D eigenvalue weighted by molar-refractivity contribution is 7.85. The third kappa shape index (κ3) is 11.0. The Morgan fingerprint density at radius 3 is 2.14 bits per heavy atom. The van der Waals surface area contributed by atoms with E-state index in [9.17, 15) is 13.0 Å². The zero-order chi connectivity index (χ0) is 20.9. The maximum Gasteiger partial charge on any atom is 0.105 e. The molecule has 1 atom stereocenters. The maximum atomic E-state index is 11.0. The lowest BCUT2D eigenvalue weighted by atomic mass is 10.0. The van der Waals surface area contributed by atoms with Crippen molar-refractivity contribution in [3.05, 3.63) is 42.0 Å². The van der Waals surface area contributed by atoms with Crippen LogP contribution in [0.5, 0.6) is 0 Å². The van der Waals surface area contributed by atoms with E-state index in [1.165, 1.54) is 50.5 Å². The van der Waals surface area contributed by atoms with Gasteiger partial charge in [0, 0.05) is 17.7 Å². The number of rotatable bonds is 16. The highest BCUT2D eigenvalue weighted by atomic mass is 32.2. The van der Waals surface area contributed by atoms with Crippen molar-refractivity contribution in [3.8, 4) is 0 Å². The molecule has 0 aliphatic rings. The van der Waals surface area contributed by atoms with Crippen LogP contribution in [-0.2, 0) is 16.7 Å². The second kappa shape index (κ2) is 13.1. The number of hydrogen-bond donors (Lipinski definition) is 0. The Bertz CT molecular complexity index is 672. The molecular formula is C23H39NO3S. The third-order valence-corrected chi connectivity index (χ3v) is 6.26. The van der Waals surface area contributed by atoms with Crippen LogP contribution in [0.4, 0.5) is 0 Å². The van der Waals surface area contributed by atoms with Crippen LogP contribution in [0.15, 0.2) is 30.8 Å². The molecule has 4 nitrogen and oxygen atoms in total. The van der Waals surface area contributed by atoms with Crippen molar-refractivity contribution in [2.45, 2.75) is 71.3 Å². The summed E-state index contributed by atoms with van der Waals surface area (Å²) in [6.07, 6.45) is 12.5. The lowest BCUT2D eigenvalue weighted by Crippen LogP contribution is -2.45. The first-order valence-corrected chi connectivity index (χ1v) is 12.3. The van der Waals surface area contributed by atoms with E-state index in [1.54, 1.807) is 0 Å². The van der Waals surface area contributed by atoms with Gasteiger partial charge in [-0.1, -0.05) is 82.4 Å². The molecule has 0 aromatic heterocycles. The monoisotopic (exact) mass is 409 g/mol. The fourth-order valence-electron chi connectivity index (χ4n) is 3.81. The molecule has 1 rings (SSSR count). The van der Waals surface area contributed by atoms with Gasteiger partial charge in [-0.25, -0.2) is 8.42 Å². The van der Waals surface area contributed by atoms with Gasteiger partial charge in [-0.3, -0.25) is 0 Å². The quantitative estimate of drug-likeness (QED) is 0.210. The molecule has 0 fully saturated rings. The SMILES string of the molecule is C=Cc1ccccc1C[N+](C)(CCCCCCCCCC)CCCS(=O)(=O)[O-]. The van der Waals surface area contributed by atoms with E-state index in [0.717, 1.165) is 29.6 Å². The van der Waals surface area contributed by atoms with Crippen LogP contribution in [0.2, 0.25) is 0 Å². The molecule has 1 aromatic rings. The van der Waals surface area contributed by atoms with E-state index < -0.39 is 10.1 Å².